The Kier molecular flexibility index (Phi) is 5.78. The van der Waals surface area contributed by atoms with Crippen molar-refractivity contribution in [2.75, 3.05) is 11.9 Å². The lowest BCUT2D eigenvalue weighted by atomic mass is 10.1. The van der Waals surface area contributed by atoms with Crippen LogP contribution in [-0.2, 0) is 11.2 Å². The Balaban J connectivity index is 1.92. The molecule has 0 radical (unpaired) electrons. The van der Waals surface area contributed by atoms with Crippen molar-refractivity contribution in [3.63, 3.8) is 0 Å². The van der Waals surface area contributed by atoms with E-state index >= 15 is 0 Å². The molecule has 0 aliphatic carbocycles. The van der Waals surface area contributed by atoms with Crippen LogP contribution in [0.5, 0.6) is 5.75 Å². The SMILES string of the molecule is CCOc1ccc(NC(=O)/C=C/c2ccc(CC)cc2)cc1. The second-order valence-electron chi connectivity index (χ2n) is 4.88. The van der Waals surface area contributed by atoms with Gasteiger partial charge in [-0.2, -0.15) is 0 Å². The summed E-state index contributed by atoms with van der Waals surface area (Å²) in [5.74, 6) is 0.649. The molecule has 0 atom stereocenters. The number of carbonyl (C=O) groups is 1. The molecule has 114 valence electrons. The summed E-state index contributed by atoms with van der Waals surface area (Å²) in [5.41, 5.74) is 3.05. The highest BCUT2D eigenvalue weighted by Gasteiger charge is 1.99. The van der Waals surface area contributed by atoms with E-state index in [0.29, 0.717) is 6.61 Å². The predicted octanol–water partition coefficient (Wildman–Crippen LogP) is 4.30. The number of anilines is 1. The van der Waals surface area contributed by atoms with E-state index in [0.717, 1.165) is 23.4 Å². The highest BCUT2D eigenvalue weighted by molar-refractivity contribution is 6.01. The van der Waals surface area contributed by atoms with Crippen LogP contribution in [0, 0.1) is 0 Å². The van der Waals surface area contributed by atoms with Crippen LogP contribution in [0.3, 0.4) is 0 Å². The van der Waals surface area contributed by atoms with Gasteiger partial charge in [0, 0.05) is 11.8 Å². The van der Waals surface area contributed by atoms with Gasteiger partial charge >= 0.3 is 0 Å². The van der Waals surface area contributed by atoms with Crippen LogP contribution in [-0.4, -0.2) is 12.5 Å². The zero-order valence-electron chi connectivity index (χ0n) is 13.0. The summed E-state index contributed by atoms with van der Waals surface area (Å²) in [7, 11) is 0. The minimum Gasteiger partial charge on any atom is -0.494 e. The fourth-order valence-electron chi connectivity index (χ4n) is 2.02. The van der Waals surface area contributed by atoms with Gasteiger partial charge in [-0.1, -0.05) is 31.2 Å². The molecule has 2 aromatic rings. The molecular weight excluding hydrogens is 274 g/mol. The smallest absolute Gasteiger partial charge is 0.248 e. The number of rotatable bonds is 6. The maximum Gasteiger partial charge on any atom is 0.248 e. The monoisotopic (exact) mass is 295 g/mol. The number of nitrogens with one attached hydrogen (secondary N) is 1. The van der Waals surface area contributed by atoms with Crippen LogP contribution >= 0.6 is 0 Å². The fourth-order valence-corrected chi connectivity index (χ4v) is 2.02. The average Bonchev–Trinajstić information content (AvgIpc) is 2.55. The van der Waals surface area contributed by atoms with Crippen molar-refractivity contribution in [1.29, 1.82) is 0 Å². The lowest BCUT2D eigenvalue weighted by Crippen LogP contribution is -2.07. The lowest BCUT2D eigenvalue weighted by molar-refractivity contribution is -0.111. The van der Waals surface area contributed by atoms with E-state index in [1.165, 1.54) is 11.6 Å². The Morgan fingerprint density at radius 1 is 1.05 bits per heavy atom. The van der Waals surface area contributed by atoms with Crippen LogP contribution < -0.4 is 10.1 Å². The van der Waals surface area contributed by atoms with Crippen molar-refractivity contribution in [2.24, 2.45) is 0 Å². The zero-order valence-corrected chi connectivity index (χ0v) is 13.0. The first-order valence-corrected chi connectivity index (χ1v) is 7.52. The predicted molar refractivity (Wildman–Crippen MR) is 91.1 cm³/mol. The van der Waals surface area contributed by atoms with E-state index < -0.39 is 0 Å². The van der Waals surface area contributed by atoms with E-state index in [1.807, 2.05) is 49.4 Å². The molecule has 1 amide bonds. The Hall–Kier alpha value is -2.55. The first kappa shape index (κ1) is 15.8. The van der Waals surface area contributed by atoms with Crippen molar-refractivity contribution in [3.8, 4) is 5.75 Å². The Bertz CT molecular complexity index is 627. The quantitative estimate of drug-likeness (QED) is 0.807. The van der Waals surface area contributed by atoms with Gasteiger partial charge in [-0.3, -0.25) is 4.79 Å². The van der Waals surface area contributed by atoms with Gasteiger partial charge < -0.3 is 10.1 Å². The largest absolute Gasteiger partial charge is 0.494 e. The highest BCUT2D eigenvalue weighted by atomic mass is 16.5. The van der Waals surface area contributed by atoms with E-state index in [4.69, 9.17) is 4.74 Å². The first-order valence-electron chi connectivity index (χ1n) is 7.52. The average molecular weight is 295 g/mol. The van der Waals surface area contributed by atoms with Gasteiger partial charge in [-0.05, 0) is 54.8 Å². The molecule has 0 aliphatic rings. The second-order valence-corrected chi connectivity index (χ2v) is 4.88. The number of ether oxygens (including phenoxy) is 1. The minimum atomic E-state index is -0.149. The third-order valence-electron chi connectivity index (χ3n) is 3.25. The summed E-state index contributed by atoms with van der Waals surface area (Å²) in [6.07, 6.45) is 4.36. The number of benzene rings is 2. The molecule has 0 aromatic heterocycles. The molecule has 1 N–H and O–H groups in total. The summed E-state index contributed by atoms with van der Waals surface area (Å²) in [4.78, 5) is 11.9. The number of hydrogen-bond donors (Lipinski definition) is 1. The molecule has 0 bridgehead atoms. The maximum absolute atomic E-state index is 11.9. The molecule has 3 nitrogen and oxygen atoms in total. The molecule has 2 rings (SSSR count). The van der Waals surface area contributed by atoms with Crippen molar-refractivity contribution in [3.05, 3.63) is 65.7 Å². The van der Waals surface area contributed by atoms with Crippen molar-refractivity contribution < 1.29 is 9.53 Å². The van der Waals surface area contributed by atoms with Gasteiger partial charge in [0.1, 0.15) is 5.75 Å². The fraction of sp³-hybridized carbons (Fsp3) is 0.211. The van der Waals surface area contributed by atoms with E-state index in [-0.39, 0.29) is 5.91 Å². The molecule has 0 saturated heterocycles. The van der Waals surface area contributed by atoms with Crippen molar-refractivity contribution in [1.82, 2.24) is 0 Å². The molecule has 0 saturated carbocycles. The summed E-state index contributed by atoms with van der Waals surface area (Å²) in [5, 5.41) is 2.82. The summed E-state index contributed by atoms with van der Waals surface area (Å²) < 4.78 is 5.36. The summed E-state index contributed by atoms with van der Waals surface area (Å²) >= 11 is 0. The summed E-state index contributed by atoms with van der Waals surface area (Å²) in [6.45, 7) is 4.69. The minimum absolute atomic E-state index is 0.149. The molecule has 2 aromatic carbocycles. The Labute approximate surface area is 131 Å². The van der Waals surface area contributed by atoms with Crippen LogP contribution in [0.25, 0.3) is 6.08 Å². The van der Waals surface area contributed by atoms with Crippen LogP contribution in [0.1, 0.15) is 25.0 Å². The first-order chi connectivity index (χ1) is 10.7. The number of aryl methyl sites for hydroxylation is 1. The van der Waals surface area contributed by atoms with Gasteiger partial charge in [-0.15, -0.1) is 0 Å². The second kappa shape index (κ2) is 8.03. The third-order valence-corrected chi connectivity index (χ3v) is 3.25. The third kappa shape index (κ3) is 4.77. The van der Waals surface area contributed by atoms with Gasteiger partial charge in [0.2, 0.25) is 5.91 Å². The maximum atomic E-state index is 11.9. The van der Waals surface area contributed by atoms with E-state index in [2.05, 4.69) is 24.4 Å². The normalized spacial score (nSPS) is 10.6. The van der Waals surface area contributed by atoms with Crippen molar-refractivity contribution in [2.45, 2.75) is 20.3 Å². The van der Waals surface area contributed by atoms with Crippen LogP contribution in [0.4, 0.5) is 5.69 Å². The molecular formula is C19H21NO2. The van der Waals surface area contributed by atoms with Gasteiger partial charge in [0.25, 0.3) is 0 Å². The van der Waals surface area contributed by atoms with Crippen LogP contribution in [0.2, 0.25) is 0 Å². The Morgan fingerprint density at radius 2 is 1.73 bits per heavy atom. The number of amides is 1. The van der Waals surface area contributed by atoms with Crippen molar-refractivity contribution >= 4 is 17.7 Å². The molecule has 0 unspecified atom stereocenters. The molecule has 0 heterocycles. The lowest BCUT2D eigenvalue weighted by Gasteiger charge is -2.05. The molecule has 22 heavy (non-hydrogen) atoms. The standard InChI is InChI=1S/C19H21NO2/c1-3-15-5-7-16(8-6-15)9-14-19(21)20-17-10-12-18(13-11-17)22-4-2/h5-14H,3-4H2,1-2H3,(H,20,21)/b14-9+. The number of carbonyl (C=O) groups excluding carboxylic acids is 1. The van der Waals surface area contributed by atoms with Gasteiger partial charge in [0.15, 0.2) is 0 Å². The van der Waals surface area contributed by atoms with Gasteiger partial charge in [-0.25, -0.2) is 0 Å². The van der Waals surface area contributed by atoms with Gasteiger partial charge in [0.05, 0.1) is 6.61 Å². The summed E-state index contributed by atoms with van der Waals surface area (Å²) in [6, 6.07) is 15.5. The highest BCUT2D eigenvalue weighted by Crippen LogP contribution is 2.15. The Morgan fingerprint density at radius 3 is 2.32 bits per heavy atom. The van der Waals surface area contributed by atoms with E-state index in [9.17, 15) is 4.79 Å². The number of hydrogen-bond acceptors (Lipinski definition) is 2. The molecule has 0 aliphatic heterocycles. The van der Waals surface area contributed by atoms with E-state index in [1.54, 1.807) is 0 Å². The molecule has 0 fully saturated rings. The van der Waals surface area contributed by atoms with Crippen LogP contribution in [0.15, 0.2) is 54.6 Å². The topological polar surface area (TPSA) is 38.3 Å². The zero-order chi connectivity index (χ0) is 15.8. The molecule has 0 spiro atoms. The molecule has 3 heteroatoms.